The number of aromatic nitrogens is 2. The minimum Gasteiger partial charge on any atom is -0.368 e. The molecule has 0 bridgehead atoms. The second kappa shape index (κ2) is 9.89. The van der Waals surface area contributed by atoms with E-state index in [4.69, 9.17) is 11.6 Å². The summed E-state index contributed by atoms with van der Waals surface area (Å²) in [6, 6.07) is 17.9. The van der Waals surface area contributed by atoms with Crippen molar-refractivity contribution < 1.29 is 9.59 Å². The van der Waals surface area contributed by atoms with Crippen LogP contribution in [0, 0.1) is 0 Å². The summed E-state index contributed by atoms with van der Waals surface area (Å²) in [5.74, 6) is 0.463. The lowest BCUT2D eigenvalue weighted by Crippen LogP contribution is -2.49. The summed E-state index contributed by atoms with van der Waals surface area (Å²) < 4.78 is 0. The smallest absolute Gasteiger partial charge is 0.274 e. The zero-order valence-electron chi connectivity index (χ0n) is 19.0. The third kappa shape index (κ3) is 4.53. The van der Waals surface area contributed by atoms with Gasteiger partial charge in [0.05, 0.1) is 6.54 Å². The molecule has 0 radical (unpaired) electrons. The van der Waals surface area contributed by atoms with Gasteiger partial charge in [-0.1, -0.05) is 30.3 Å². The van der Waals surface area contributed by atoms with Crippen molar-refractivity contribution in [2.75, 3.05) is 43.5 Å². The molecule has 7 nitrogen and oxygen atoms in total. The standard InChI is InChI=1S/C26H28ClN5O2/c27-12-10-19-6-8-20(9-7-19)25(33)32-13-11-23-22(18-32)24(29-28-23)26(34)31-16-14-30(15-17-31)21-4-2-1-3-5-21/h1-9H,10-18H2,(H,28,29). The number of nitrogens with zero attached hydrogens (tertiary/aromatic N) is 4. The molecule has 0 saturated carbocycles. The van der Waals surface area contributed by atoms with Crippen molar-refractivity contribution in [3.05, 3.63) is 82.7 Å². The number of fused-ring (bicyclic) bond motifs is 1. The van der Waals surface area contributed by atoms with Crippen LogP contribution in [0.5, 0.6) is 0 Å². The van der Waals surface area contributed by atoms with Crippen molar-refractivity contribution >= 4 is 29.1 Å². The SMILES string of the molecule is O=C(c1ccc(CCCl)cc1)N1CCc2[nH]nc(C(=O)N3CCN(c4ccccc4)CC3)c2C1. The third-order valence-corrected chi connectivity index (χ3v) is 6.88. The summed E-state index contributed by atoms with van der Waals surface area (Å²) in [7, 11) is 0. The highest BCUT2D eigenvalue weighted by Gasteiger charge is 2.31. The van der Waals surface area contributed by atoms with Gasteiger partial charge in [0.15, 0.2) is 5.69 Å². The van der Waals surface area contributed by atoms with E-state index in [0.29, 0.717) is 49.7 Å². The molecule has 3 heterocycles. The number of H-pyrrole nitrogens is 1. The van der Waals surface area contributed by atoms with Crippen molar-refractivity contribution in [2.24, 2.45) is 0 Å². The number of aryl methyl sites for hydroxylation is 1. The number of hydrogen-bond donors (Lipinski definition) is 1. The fourth-order valence-corrected chi connectivity index (χ4v) is 4.93. The normalized spacial score (nSPS) is 15.9. The predicted molar refractivity (Wildman–Crippen MR) is 132 cm³/mol. The van der Waals surface area contributed by atoms with Gasteiger partial charge in [-0.2, -0.15) is 5.10 Å². The van der Waals surface area contributed by atoms with Crippen LogP contribution >= 0.6 is 11.6 Å². The molecule has 0 spiro atoms. The first-order valence-electron chi connectivity index (χ1n) is 11.7. The number of amides is 2. The van der Waals surface area contributed by atoms with Crippen molar-refractivity contribution in [3.63, 3.8) is 0 Å². The van der Waals surface area contributed by atoms with Crippen LogP contribution in [0.1, 0.15) is 37.7 Å². The predicted octanol–water partition coefficient (Wildman–Crippen LogP) is 3.35. The summed E-state index contributed by atoms with van der Waals surface area (Å²) in [4.78, 5) is 32.4. The maximum atomic E-state index is 13.3. The van der Waals surface area contributed by atoms with E-state index in [1.54, 1.807) is 4.90 Å². The summed E-state index contributed by atoms with van der Waals surface area (Å²) >= 11 is 5.81. The molecular formula is C26H28ClN5O2. The zero-order valence-corrected chi connectivity index (χ0v) is 19.8. The molecule has 5 rings (SSSR count). The van der Waals surface area contributed by atoms with Gasteiger partial charge in [-0.3, -0.25) is 14.7 Å². The number of halogens is 1. The Morgan fingerprint density at radius 2 is 1.62 bits per heavy atom. The zero-order chi connectivity index (χ0) is 23.5. The number of rotatable bonds is 5. The van der Waals surface area contributed by atoms with E-state index in [9.17, 15) is 9.59 Å². The van der Waals surface area contributed by atoms with Crippen LogP contribution in [0.2, 0.25) is 0 Å². The van der Waals surface area contributed by atoms with E-state index in [1.807, 2.05) is 47.4 Å². The molecule has 3 aromatic rings. The Kier molecular flexibility index (Phi) is 6.54. The third-order valence-electron chi connectivity index (χ3n) is 6.70. The Labute approximate surface area is 204 Å². The molecule has 0 atom stereocenters. The number of benzene rings is 2. The molecule has 2 aliphatic rings. The average molecular weight is 478 g/mol. The van der Waals surface area contributed by atoms with Crippen LogP contribution in [0.15, 0.2) is 54.6 Å². The first-order chi connectivity index (χ1) is 16.6. The number of anilines is 1. The molecule has 2 aliphatic heterocycles. The summed E-state index contributed by atoms with van der Waals surface area (Å²) in [5.41, 5.74) is 5.18. The van der Waals surface area contributed by atoms with Crippen LogP contribution in [0.25, 0.3) is 0 Å². The monoisotopic (exact) mass is 477 g/mol. The van der Waals surface area contributed by atoms with Gasteiger partial charge in [-0.15, -0.1) is 11.6 Å². The lowest BCUT2D eigenvalue weighted by atomic mass is 10.0. The van der Waals surface area contributed by atoms with Crippen molar-refractivity contribution in [2.45, 2.75) is 19.4 Å². The molecule has 1 saturated heterocycles. The van der Waals surface area contributed by atoms with Crippen LogP contribution in [0.4, 0.5) is 5.69 Å². The molecule has 2 amide bonds. The number of piperazine rings is 1. The van der Waals surface area contributed by atoms with Crippen molar-refractivity contribution in [1.82, 2.24) is 20.0 Å². The van der Waals surface area contributed by atoms with Gasteiger partial charge in [0, 0.05) is 67.5 Å². The fraction of sp³-hybridized carbons (Fsp3) is 0.346. The van der Waals surface area contributed by atoms with E-state index in [2.05, 4.69) is 27.2 Å². The van der Waals surface area contributed by atoms with E-state index in [-0.39, 0.29) is 11.8 Å². The Bertz CT molecular complexity index is 1150. The van der Waals surface area contributed by atoms with E-state index in [1.165, 1.54) is 5.69 Å². The highest BCUT2D eigenvalue weighted by Crippen LogP contribution is 2.24. The number of alkyl halides is 1. The first kappa shape index (κ1) is 22.5. The minimum absolute atomic E-state index is 0.0286. The number of carbonyl (C=O) groups excluding carboxylic acids is 2. The number of nitrogens with one attached hydrogen (secondary N) is 1. The average Bonchev–Trinajstić information content (AvgIpc) is 3.32. The molecule has 8 heteroatoms. The molecule has 34 heavy (non-hydrogen) atoms. The summed E-state index contributed by atoms with van der Waals surface area (Å²) in [5, 5.41) is 7.41. The van der Waals surface area contributed by atoms with Gasteiger partial charge in [0.2, 0.25) is 0 Å². The van der Waals surface area contributed by atoms with Gasteiger partial charge in [-0.25, -0.2) is 0 Å². The van der Waals surface area contributed by atoms with Gasteiger partial charge < -0.3 is 14.7 Å². The van der Waals surface area contributed by atoms with Gasteiger partial charge >= 0.3 is 0 Å². The number of aromatic amines is 1. The second-order valence-corrected chi connectivity index (χ2v) is 9.13. The molecule has 1 N–H and O–H groups in total. The van der Waals surface area contributed by atoms with Gasteiger partial charge in [0.25, 0.3) is 11.8 Å². The lowest BCUT2D eigenvalue weighted by Gasteiger charge is -2.36. The van der Waals surface area contributed by atoms with Gasteiger partial charge in [0.1, 0.15) is 0 Å². The number of para-hydroxylation sites is 1. The van der Waals surface area contributed by atoms with Gasteiger partial charge in [-0.05, 0) is 36.2 Å². The quantitative estimate of drug-likeness (QED) is 0.572. The Balaban J connectivity index is 1.25. The van der Waals surface area contributed by atoms with E-state index in [0.717, 1.165) is 36.3 Å². The molecule has 176 valence electrons. The van der Waals surface area contributed by atoms with E-state index >= 15 is 0 Å². The first-order valence-corrected chi connectivity index (χ1v) is 12.3. The number of carbonyl (C=O) groups is 2. The van der Waals surface area contributed by atoms with Crippen LogP contribution in [-0.2, 0) is 19.4 Å². The maximum Gasteiger partial charge on any atom is 0.274 e. The van der Waals surface area contributed by atoms with Crippen LogP contribution in [-0.4, -0.2) is 70.4 Å². The maximum absolute atomic E-state index is 13.3. The molecule has 0 aliphatic carbocycles. The lowest BCUT2D eigenvalue weighted by molar-refractivity contribution is 0.0709. The second-order valence-electron chi connectivity index (χ2n) is 8.76. The number of hydrogen-bond acceptors (Lipinski definition) is 4. The molecule has 1 aromatic heterocycles. The molecular weight excluding hydrogens is 450 g/mol. The Morgan fingerprint density at radius 3 is 2.32 bits per heavy atom. The van der Waals surface area contributed by atoms with Crippen molar-refractivity contribution in [3.8, 4) is 0 Å². The molecule has 2 aromatic carbocycles. The van der Waals surface area contributed by atoms with Crippen LogP contribution < -0.4 is 4.90 Å². The molecule has 0 unspecified atom stereocenters. The largest absolute Gasteiger partial charge is 0.368 e. The Hall–Kier alpha value is -3.32. The fourth-order valence-electron chi connectivity index (χ4n) is 4.71. The topological polar surface area (TPSA) is 72.5 Å². The summed E-state index contributed by atoms with van der Waals surface area (Å²) in [6.45, 7) is 3.85. The highest BCUT2D eigenvalue weighted by atomic mass is 35.5. The Morgan fingerprint density at radius 1 is 0.882 bits per heavy atom. The van der Waals surface area contributed by atoms with Crippen LogP contribution in [0.3, 0.4) is 0 Å². The molecule has 1 fully saturated rings. The summed E-state index contributed by atoms with van der Waals surface area (Å²) in [6.07, 6.45) is 1.44. The highest BCUT2D eigenvalue weighted by molar-refractivity contribution is 6.18. The van der Waals surface area contributed by atoms with E-state index < -0.39 is 0 Å². The minimum atomic E-state index is -0.0649. The van der Waals surface area contributed by atoms with Crippen molar-refractivity contribution in [1.29, 1.82) is 0 Å².